The number of aryl methyl sites for hydroxylation is 1. The van der Waals surface area contributed by atoms with Crippen molar-refractivity contribution in [3.8, 4) is 0 Å². The smallest absolute Gasteiger partial charge is 0.157 e. The number of ether oxygens (including phenoxy) is 1. The number of nitrogens with one attached hydrogen (secondary N) is 1. The maximum atomic E-state index is 5.15. The van der Waals surface area contributed by atoms with E-state index in [0.717, 1.165) is 31.0 Å². The molecule has 1 N–H and O–H groups in total. The van der Waals surface area contributed by atoms with Gasteiger partial charge in [-0.15, -0.1) is 0 Å². The monoisotopic (exact) mass is 262 g/mol. The summed E-state index contributed by atoms with van der Waals surface area (Å²) < 4.78 is 6.98. The number of fused-ring (bicyclic) bond motifs is 1. The van der Waals surface area contributed by atoms with E-state index < -0.39 is 0 Å². The number of aromatic nitrogens is 3. The molecule has 2 heterocycles. The van der Waals surface area contributed by atoms with E-state index in [1.807, 2.05) is 10.6 Å². The number of nitrogens with zero attached hydrogens (tertiary/aromatic N) is 3. The molecule has 0 aliphatic carbocycles. The van der Waals surface area contributed by atoms with Crippen molar-refractivity contribution in [2.24, 2.45) is 5.41 Å². The molecule has 0 aliphatic rings. The zero-order chi connectivity index (χ0) is 13.9. The maximum Gasteiger partial charge on any atom is 0.157 e. The molecule has 0 aromatic carbocycles. The van der Waals surface area contributed by atoms with Gasteiger partial charge in [-0.3, -0.25) is 0 Å². The van der Waals surface area contributed by atoms with E-state index in [1.54, 1.807) is 13.4 Å². The van der Waals surface area contributed by atoms with Gasteiger partial charge in [-0.2, -0.15) is 9.61 Å². The van der Waals surface area contributed by atoms with Crippen LogP contribution in [0.2, 0.25) is 0 Å². The molecule has 0 bridgehead atoms. The van der Waals surface area contributed by atoms with Crippen molar-refractivity contribution in [3.63, 3.8) is 0 Å². The molecule has 5 nitrogen and oxygen atoms in total. The number of pyridine rings is 1. The molecule has 0 saturated heterocycles. The molecule has 0 atom stereocenters. The Balaban J connectivity index is 2.11. The molecule has 0 amide bonds. The molecule has 0 radical (unpaired) electrons. The molecule has 0 fully saturated rings. The highest BCUT2D eigenvalue weighted by atomic mass is 16.5. The van der Waals surface area contributed by atoms with Crippen LogP contribution in [0.5, 0.6) is 0 Å². The summed E-state index contributed by atoms with van der Waals surface area (Å²) in [6.07, 6.45) is 2.60. The van der Waals surface area contributed by atoms with Crippen molar-refractivity contribution in [2.45, 2.75) is 27.2 Å². The number of hydrogen-bond donors (Lipinski definition) is 1. The van der Waals surface area contributed by atoms with Crippen molar-refractivity contribution in [2.75, 3.05) is 25.6 Å². The van der Waals surface area contributed by atoms with Crippen molar-refractivity contribution in [3.05, 3.63) is 24.0 Å². The van der Waals surface area contributed by atoms with Crippen LogP contribution in [-0.2, 0) is 4.74 Å². The highest BCUT2D eigenvalue weighted by molar-refractivity contribution is 5.51. The summed E-state index contributed by atoms with van der Waals surface area (Å²) in [5.41, 5.74) is 2.22. The predicted molar refractivity (Wildman–Crippen MR) is 76.5 cm³/mol. The van der Waals surface area contributed by atoms with Gasteiger partial charge in [0.2, 0.25) is 0 Å². The van der Waals surface area contributed by atoms with Crippen LogP contribution in [0.15, 0.2) is 18.5 Å². The molecule has 2 aromatic rings. The van der Waals surface area contributed by atoms with Crippen LogP contribution in [0.25, 0.3) is 5.65 Å². The molecule has 2 aromatic heterocycles. The third-order valence-electron chi connectivity index (χ3n) is 3.25. The molecule has 0 spiro atoms. The standard InChI is InChI=1S/C14H22N4O/c1-11-7-12(18-13(8-11)16-10-17-18)15-9-14(2,3)5-6-19-4/h7-8,10,15H,5-6,9H2,1-4H3. The second kappa shape index (κ2) is 5.57. The largest absolute Gasteiger partial charge is 0.385 e. The Morgan fingerprint density at radius 1 is 1.37 bits per heavy atom. The van der Waals surface area contributed by atoms with E-state index in [0.29, 0.717) is 0 Å². The quantitative estimate of drug-likeness (QED) is 0.869. The van der Waals surface area contributed by atoms with Crippen molar-refractivity contribution in [1.82, 2.24) is 14.6 Å². The molecular formula is C14H22N4O. The van der Waals surface area contributed by atoms with E-state index in [4.69, 9.17) is 4.74 Å². The minimum Gasteiger partial charge on any atom is -0.385 e. The fraction of sp³-hybridized carbons (Fsp3) is 0.571. The lowest BCUT2D eigenvalue weighted by Gasteiger charge is -2.25. The first-order valence-corrected chi connectivity index (χ1v) is 6.55. The van der Waals surface area contributed by atoms with E-state index in [-0.39, 0.29) is 5.41 Å². The summed E-state index contributed by atoms with van der Waals surface area (Å²) in [4.78, 5) is 4.23. The molecule has 2 rings (SSSR count). The van der Waals surface area contributed by atoms with Gasteiger partial charge >= 0.3 is 0 Å². The summed E-state index contributed by atoms with van der Waals surface area (Å²) in [7, 11) is 1.74. The van der Waals surface area contributed by atoms with E-state index in [1.165, 1.54) is 5.56 Å². The number of hydrogen-bond acceptors (Lipinski definition) is 4. The zero-order valence-electron chi connectivity index (χ0n) is 12.1. The number of anilines is 1. The topological polar surface area (TPSA) is 51.5 Å². The Hall–Kier alpha value is -1.62. The molecule has 104 valence electrons. The van der Waals surface area contributed by atoms with Gasteiger partial charge in [0.25, 0.3) is 0 Å². The molecule has 0 unspecified atom stereocenters. The average Bonchev–Trinajstić information content (AvgIpc) is 2.81. The Labute approximate surface area is 114 Å². The minimum atomic E-state index is 0.173. The first-order chi connectivity index (χ1) is 9.02. The molecule has 19 heavy (non-hydrogen) atoms. The van der Waals surface area contributed by atoms with Gasteiger partial charge in [0.15, 0.2) is 5.65 Å². The van der Waals surface area contributed by atoms with E-state index in [9.17, 15) is 0 Å². The van der Waals surface area contributed by atoms with Crippen molar-refractivity contribution >= 4 is 11.5 Å². The number of rotatable bonds is 6. The Bertz CT molecular complexity index is 547. The second-order valence-corrected chi connectivity index (χ2v) is 5.71. The summed E-state index contributed by atoms with van der Waals surface area (Å²) in [5.74, 6) is 0.984. The van der Waals surface area contributed by atoms with Gasteiger partial charge in [-0.05, 0) is 36.5 Å². The van der Waals surface area contributed by atoms with Crippen LogP contribution in [0.1, 0.15) is 25.8 Å². The van der Waals surface area contributed by atoms with Crippen LogP contribution in [0.4, 0.5) is 5.82 Å². The SMILES string of the molecule is COCCC(C)(C)CNc1cc(C)cc2ncnn12. The van der Waals surface area contributed by atoms with Crippen molar-refractivity contribution in [1.29, 1.82) is 0 Å². The molecular weight excluding hydrogens is 240 g/mol. The van der Waals surface area contributed by atoms with Gasteiger partial charge in [-0.1, -0.05) is 13.8 Å². The van der Waals surface area contributed by atoms with Crippen LogP contribution in [0.3, 0.4) is 0 Å². The van der Waals surface area contributed by atoms with Crippen LogP contribution in [0, 0.1) is 12.3 Å². The highest BCUT2D eigenvalue weighted by Crippen LogP contribution is 2.22. The third-order valence-corrected chi connectivity index (χ3v) is 3.25. The van der Waals surface area contributed by atoms with Crippen LogP contribution >= 0.6 is 0 Å². The summed E-state index contributed by atoms with van der Waals surface area (Å²) in [5, 5.41) is 7.71. The van der Waals surface area contributed by atoms with Gasteiger partial charge in [0, 0.05) is 20.3 Å². The molecule has 0 aliphatic heterocycles. The fourth-order valence-corrected chi connectivity index (χ4v) is 1.98. The lowest BCUT2D eigenvalue weighted by Crippen LogP contribution is -2.25. The normalized spacial score (nSPS) is 12.0. The zero-order valence-corrected chi connectivity index (χ0v) is 12.1. The first-order valence-electron chi connectivity index (χ1n) is 6.55. The highest BCUT2D eigenvalue weighted by Gasteiger charge is 2.18. The van der Waals surface area contributed by atoms with E-state index in [2.05, 4.69) is 42.2 Å². The summed E-state index contributed by atoms with van der Waals surface area (Å²) >= 11 is 0. The lowest BCUT2D eigenvalue weighted by molar-refractivity contribution is 0.157. The summed E-state index contributed by atoms with van der Waals surface area (Å²) in [6, 6.07) is 4.11. The van der Waals surface area contributed by atoms with Crippen LogP contribution in [-0.4, -0.2) is 34.9 Å². The summed E-state index contributed by atoms with van der Waals surface area (Å²) in [6.45, 7) is 8.17. The van der Waals surface area contributed by atoms with Gasteiger partial charge < -0.3 is 10.1 Å². The lowest BCUT2D eigenvalue weighted by atomic mass is 9.90. The predicted octanol–water partition coefficient (Wildman–Crippen LogP) is 2.51. The van der Waals surface area contributed by atoms with Gasteiger partial charge in [0.1, 0.15) is 12.1 Å². The van der Waals surface area contributed by atoms with Crippen LogP contribution < -0.4 is 5.32 Å². The third kappa shape index (κ3) is 3.44. The molecule has 0 saturated carbocycles. The minimum absolute atomic E-state index is 0.173. The van der Waals surface area contributed by atoms with Crippen molar-refractivity contribution < 1.29 is 4.74 Å². The van der Waals surface area contributed by atoms with E-state index >= 15 is 0 Å². The fourth-order valence-electron chi connectivity index (χ4n) is 1.98. The second-order valence-electron chi connectivity index (χ2n) is 5.71. The number of methoxy groups -OCH3 is 1. The Morgan fingerprint density at radius 3 is 2.89 bits per heavy atom. The van der Waals surface area contributed by atoms with Gasteiger partial charge in [0.05, 0.1) is 0 Å². The molecule has 5 heteroatoms. The Kier molecular flexibility index (Phi) is 4.04. The van der Waals surface area contributed by atoms with Gasteiger partial charge in [-0.25, -0.2) is 4.98 Å². The first kappa shape index (κ1) is 13.8. The Morgan fingerprint density at radius 2 is 2.16 bits per heavy atom. The maximum absolute atomic E-state index is 5.15. The average molecular weight is 262 g/mol.